The van der Waals surface area contributed by atoms with Gasteiger partial charge in [0.25, 0.3) is 0 Å². The monoisotopic (exact) mass is 180 g/mol. The summed E-state index contributed by atoms with van der Waals surface area (Å²) >= 11 is 0. The van der Waals surface area contributed by atoms with Crippen LogP contribution >= 0.6 is 0 Å². The summed E-state index contributed by atoms with van der Waals surface area (Å²) in [6.07, 6.45) is 17.0. The molecule has 0 aromatic carbocycles. The molecule has 0 fully saturated rings. The Morgan fingerprint density at radius 2 is 1.54 bits per heavy atom. The summed E-state index contributed by atoms with van der Waals surface area (Å²) < 4.78 is 0. The Labute approximate surface area is 83.7 Å². The molecule has 76 valence electrons. The molecule has 0 atom stereocenters. The van der Waals surface area contributed by atoms with Gasteiger partial charge in [-0.15, -0.1) is 6.58 Å². The smallest absolute Gasteiger partial charge is 0.0348 e. The quantitative estimate of drug-likeness (QED) is 0.351. The van der Waals surface area contributed by atoms with E-state index >= 15 is 0 Å². The Morgan fingerprint density at radius 1 is 0.846 bits per heavy atom. The minimum atomic E-state index is 1.15. The molecule has 0 aliphatic heterocycles. The molecule has 0 aromatic heterocycles. The Bertz CT molecular complexity index is 122. The van der Waals surface area contributed by atoms with Gasteiger partial charge in [0.2, 0.25) is 0 Å². The normalized spacial score (nSPS) is 10.8. The van der Waals surface area contributed by atoms with Crippen LogP contribution in [0.3, 0.4) is 0 Å². The molecule has 0 radical (unpaired) electrons. The predicted octanol–water partition coefficient (Wildman–Crippen LogP) is 4.87. The first kappa shape index (κ1) is 12.5. The second kappa shape index (κ2) is 11.5. The topological polar surface area (TPSA) is 0 Å². The zero-order valence-electron chi connectivity index (χ0n) is 9.10. The fraction of sp³-hybridized carbons (Fsp3) is 0.692. The van der Waals surface area contributed by atoms with Crippen molar-refractivity contribution in [2.45, 2.75) is 58.3 Å². The van der Waals surface area contributed by atoms with Crippen molar-refractivity contribution in [3.8, 4) is 0 Å². The van der Waals surface area contributed by atoms with Crippen LogP contribution in [0.2, 0.25) is 0 Å². The van der Waals surface area contributed by atoms with E-state index in [4.69, 9.17) is 0 Å². The molecule has 0 aromatic rings. The number of rotatable bonds is 9. The highest BCUT2D eigenvalue weighted by atomic mass is 13.9. The van der Waals surface area contributed by atoms with E-state index < -0.39 is 0 Å². The number of allylic oxidation sites excluding steroid dienone is 3. The van der Waals surface area contributed by atoms with E-state index in [9.17, 15) is 0 Å². The van der Waals surface area contributed by atoms with Gasteiger partial charge < -0.3 is 0 Å². The third-order valence-corrected chi connectivity index (χ3v) is 2.17. The molecule has 0 saturated carbocycles. The van der Waals surface area contributed by atoms with Crippen molar-refractivity contribution < 1.29 is 0 Å². The molecule has 0 saturated heterocycles. The van der Waals surface area contributed by atoms with Gasteiger partial charge in [-0.1, -0.05) is 44.4 Å². The fourth-order valence-electron chi connectivity index (χ4n) is 1.30. The molecular weight excluding hydrogens is 156 g/mol. The van der Waals surface area contributed by atoms with Gasteiger partial charge in [-0.25, -0.2) is 0 Å². The molecule has 13 heavy (non-hydrogen) atoms. The maximum atomic E-state index is 3.70. The lowest BCUT2D eigenvalue weighted by Crippen LogP contribution is -1.74. The average molecular weight is 180 g/mol. The Hall–Kier alpha value is -0.520. The molecule has 0 N–H and O–H groups in total. The van der Waals surface area contributed by atoms with E-state index in [1.54, 1.807) is 0 Å². The minimum Gasteiger partial charge on any atom is -0.103 e. The summed E-state index contributed by atoms with van der Waals surface area (Å²) in [6, 6.07) is 0. The zero-order valence-corrected chi connectivity index (χ0v) is 9.10. The summed E-state index contributed by atoms with van der Waals surface area (Å²) in [7, 11) is 0. The molecule has 0 spiro atoms. The van der Waals surface area contributed by atoms with Crippen molar-refractivity contribution in [3.63, 3.8) is 0 Å². The number of hydrogen-bond donors (Lipinski definition) is 0. The minimum absolute atomic E-state index is 1.15. The summed E-state index contributed by atoms with van der Waals surface area (Å²) in [5, 5.41) is 0. The van der Waals surface area contributed by atoms with Crippen molar-refractivity contribution in [3.05, 3.63) is 24.8 Å². The van der Waals surface area contributed by atoms with E-state index in [1.807, 2.05) is 6.08 Å². The van der Waals surface area contributed by atoms with Gasteiger partial charge in [-0.3, -0.25) is 0 Å². The second-order valence-electron chi connectivity index (χ2n) is 3.54. The SMILES string of the molecule is C=CCCC/C=C\CCCCCC. The third kappa shape index (κ3) is 11.5. The number of hydrogen-bond acceptors (Lipinski definition) is 0. The van der Waals surface area contributed by atoms with Gasteiger partial charge in [-0.2, -0.15) is 0 Å². The van der Waals surface area contributed by atoms with Crippen LogP contribution in [-0.4, -0.2) is 0 Å². The van der Waals surface area contributed by atoms with Gasteiger partial charge >= 0.3 is 0 Å². The maximum absolute atomic E-state index is 3.70. The van der Waals surface area contributed by atoms with Crippen molar-refractivity contribution >= 4 is 0 Å². The van der Waals surface area contributed by atoms with Gasteiger partial charge in [0.05, 0.1) is 0 Å². The zero-order chi connectivity index (χ0) is 9.78. The highest BCUT2D eigenvalue weighted by molar-refractivity contribution is 4.82. The molecule has 0 aliphatic carbocycles. The first-order chi connectivity index (χ1) is 6.41. The summed E-state index contributed by atoms with van der Waals surface area (Å²) in [5.74, 6) is 0. The fourth-order valence-corrected chi connectivity index (χ4v) is 1.30. The molecular formula is C13H24. The molecule has 0 bridgehead atoms. The molecule has 0 heteroatoms. The summed E-state index contributed by atoms with van der Waals surface area (Å²) in [5.41, 5.74) is 0. The molecule has 0 amide bonds. The standard InChI is InChI=1S/C13H24/c1-3-5-7-9-11-13-12-10-8-6-4-2/h3,11,13H,1,4-10,12H2,2H3/b13-11-. The molecule has 0 aliphatic rings. The first-order valence-electron chi connectivity index (χ1n) is 5.67. The highest BCUT2D eigenvalue weighted by Gasteiger charge is 1.84. The van der Waals surface area contributed by atoms with Gasteiger partial charge in [0.15, 0.2) is 0 Å². The second-order valence-corrected chi connectivity index (χ2v) is 3.54. The Morgan fingerprint density at radius 3 is 2.15 bits per heavy atom. The Balaban J connectivity index is 2.98. The lowest BCUT2D eigenvalue weighted by Gasteiger charge is -1.94. The average Bonchev–Trinajstić information content (AvgIpc) is 2.16. The highest BCUT2D eigenvalue weighted by Crippen LogP contribution is 2.04. The molecule has 0 heterocycles. The van der Waals surface area contributed by atoms with Crippen molar-refractivity contribution in [1.82, 2.24) is 0 Å². The van der Waals surface area contributed by atoms with Crippen molar-refractivity contribution in [2.75, 3.05) is 0 Å². The van der Waals surface area contributed by atoms with Crippen LogP contribution in [0.5, 0.6) is 0 Å². The summed E-state index contributed by atoms with van der Waals surface area (Å²) in [6.45, 7) is 5.96. The van der Waals surface area contributed by atoms with Crippen molar-refractivity contribution in [2.24, 2.45) is 0 Å². The number of unbranched alkanes of at least 4 members (excludes halogenated alkanes) is 6. The van der Waals surface area contributed by atoms with Crippen LogP contribution in [-0.2, 0) is 0 Å². The van der Waals surface area contributed by atoms with Crippen LogP contribution < -0.4 is 0 Å². The lowest BCUT2D eigenvalue weighted by atomic mass is 10.1. The van der Waals surface area contributed by atoms with E-state index in [0.717, 1.165) is 6.42 Å². The van der Waals surface area contributed by atoms with E-state index in [2.05, 4.69) is 25.7 Å². The summed E-state index contributed by atoms with van der Waals surface area (Å²) in [4.78, 5) is 0. The van der Waals surface area contributed by atoms with E-state index in [-0.39, 0.29) is 0 Å². The first-order valence-corrected chi connectivity index (χ1v) is 5.67. The van der Waals surface area contributed by atoms with Gasteiger partial charge in [-0.05, 0) is 32.1 Å². The molecule has 0 rings (SSSR count). The third-order valence-electron chi connectivity index (χ3n) is 2.17. The van der Waals surface area contributed by atoms with Crippen LogP contribution in [0.4, 0.5) is 0 Å². The maximum Gasteiger partial charge on any atom is -0.0348 e. The van der Waals surface area contributed by atoms with Crippen LogP contribution in [0.15, 0.2) is 24.8 Å². The van der Waals surface area contributed by atoms with Gasteiger partial charge in [0, 0.05) is 0 Å². The van der Waals surface area contributed by atoms with Crippen LogP contribution in [0.25, 0.3) is 0 Å². The van der Waals surface area contributed by atoms with Gasteiger partial charge in [0.1, 0.15) is 0 Å². The molecule has 0 nitrogen and oxygen atoms in total. The van der Waals surface area contributed by atoms with Crippen molar-refractivity contribution in [1.29, 1.82) is 0 Å². The largest absolute Gasteiger partial charge is 0.103 e. The van der Waals surface area contributed by atoms with E-state index in [0.29, 0.717) is 0 Å². The molecule has 0 unspecified atom stereocenters. The van der Waals surface area contributed by atoms with E-state index in [1.165, 1.54) is 44.9 Å². The van der Waals surface area contributed by atoms with Crippen LogP contribution in [0, 0.1) is 0 Å². The Kier molecular flexibility index (Phi) is 11.0. The predicted molar refractivity (Wildman–Crippen MR) is 61.9 cm³/mol. The lowest BCUT2D eigenvalue weighted by molar-refractivity contribution is 0.673. The van der Waals surface area contributed by atoms with Crippen LogP contribution in [0.1, 0.15) is 58.3 Å².